The Morgan fingerprint density at radius 2 is 2.04 bits per heavy atom. The Morgan fingerprint density at radius 3 is 2.58 bits per heavy atom. The van der Waals surface area contributed by atoms with Crippen LogP contribution < -0.4 is 4.74 Å². The number of hydrogen-bond acceptors (Lipinski definition) is 4. The van der Waals surface area contributed by atoms with Crippen LogP contribution in [0.15, 0.2) is 12.3 Å². The summed E-state index contributed by atoms with van der Waals surface area (Å²) in [5, 5.41) is -0.222. The predicted molar refractivity (Wildman–Crippen MR) is 81.1 cm³/mol. The van der Waals surface area contributed by atoms with Gasteiger partial charge in [-0.1, -0.05) is 11.6 Å². The molecule has 24 heavy (non-hydrogen) atoms. The largest absolute Gasteiger partial charge is 0.471 e. The summed E-state index contributed by atoms with van der Waals surface area (Å²) in [6.45, 7) is 5.98. The molecule has 0 radical (unpaired) electrons. The van der Waals surface area contributed by atoms with Crippen LogP contribution in [0.5, 0.6) is 5.88 Å². The van der Waals surface area contributed by atoms with E-state index in [9.17, 15) is 18.0 Å². The first-order valence-electron chi connectivity index (χ1n) is 7.33. The summed E-state index contributed by atoms with van der Waals surface area (Å²) in [5.74, 6) is -0.0827. The second-order valence-electron chi connectivity index (χ2n) is 6.46. The van der Waals surface area contributed by atoms with Crippen molar-refractivity contribution in [2.45, 2.75) is 45.1 Å². The number of amides is 1. The van der Waals surface area contributed by atoms with Gasteiger partial charge in [-0.2, -0.15) is 13.2 Å². The minimum absolute atomic E-state index is 0.0827. The molecule has 0 unspecified atom stereocenters. The molecule has 0 bridgehead atoms. The molecule has 0 aromatic carbocycles. The van der Waals surface area contributed by atoms with Gasteiger partial charge in [-0.05, 0) is 26.8 Å². The summed E-state index contributed by atoms with van der Waals surface area (Å²) in [5.41, 5.74) is -1.55. The average Bonchev–Trinajstić information content (AvgIpc) is 2.86. The van der Waals surface area contributed by atoms with E-state index in [0.717, 1.165) is 6.07 Å². The van der Waals surface area contributed by atoms with Gasteiger partial charge in [0.25, 0.3) is 0 Å². The number of nitrogens with zero attached hydrogens (tertiary/aromatic N) is 2. The summed E-state index contributed by atoms with van der Waals surface area (Å²) in [4.78, 5) is 17.1. The predicted octanol–water partition coefficient (Wildman–Crippen LogP) is 4.14. The second-order valence-corrected chi connectivity index (χ2v) is 6.87. The maximum atomic E-state index is 12.6. The molecule has 134 valence electrons. The molecular weight excluding hydrogens is 349 g/mol. The zero-order valence-electron chi connectivity index (χ0n) is 13.5. The zero-order valence-corrected chi connectivity index (χ0v) is 14.2. The number of halogens is 4. The molecule has 1 atom stereocenters. The minimum Gasteiger partial charge on any atom is -0.471 e. The van der Waals surface area contributed by atoms with Crippen LogP contribution in [0.1, 0.15) is 32.8 Å². The first-order valence-corrected chi connectivity index (χ1v) is 7.71. The maximum absolute atomic E-state index is 12.6. The molecule has 2 rings (SSSR count). The number of carbonyl (C=O) groups excluding carboxylic acids is 1. The molecule has 0 saturated carbocycles. The monoisotopic (exact) mass is 366 g/mol. The highest BCUT2D eigenvalue weighted by Gasteiger charge is 2.33. The van der Waals surface area contributed by atoms with Crippen LogP contribution in [0.3, 0.4) is 0 Å². The highest BCUT2D eigenvalue weighted by atomic mass is 35.5. The van der Waals surface area contributed by atoms with Crippen LogP contribution in [0, 0.1) is 0 Å². The number of rotatable bonds is 2. The van der Waals surface area contributed by atoms with Crippen molar-refractivity contribution in [3.05, 3.63) is 22.8 Å². The fraction of sp³-hybridized carbons (Fsp3) is 0.600. The van der Waals surface area contributed by atoms with Crippen LogP contribution in [0.2, 0.25) is 5.02 Å². The first kappa shape index (κ1) is 18.6. The van der Waals surface area contributed by atoms with E-state index in [4.69, 9.17) is 21.1 Å². The van der Waals surface area contributed by atoms with Gasteiger partial charge in [-0.3, -0.25) is 0 Å². The molecule has 1 aromatic rings. The molecule has 0 spiro atoms. The van der Waals surface area contributed by atoms with Crippen molar-refractivity contribution in [3.63, 3.8) is 0 Å². The van der Waals surface area contributed by atoms with Gasteiger partial charge in [0, 0.05) is 19.2 Å². The topological polar surface area (TPSA) is 51.7 Å². The van der Waals surface area contributed by atoms with Crippen LogP contribution >= 0.6 is 11.6 Å². The Kier molecular flexibility index (Phi) is 5.17. The Bertz CT molecular complexity index is 617. The van der Waals surface area contributed by atoms with Crippen molar-refractivity contribution < 1.29 is 27.4 Å². The van der Waals surface area contributed by atoms with E-state index in [-0.39, 0.29) is 17.4 Å². The molecule has 1 saturated heterocycles. The van der Waals surface area contributed by atoms with Gasteiger partial charge in [0.1, 0.15) is 16.7 Å². The third kappa shape index (κ3) is 4.90. The lowest BCUT2D eigenvalue weighted by Crippen LogP contribution is -2.36. The van der Waals surface area contributed by atoms with E-state index in [1.165, 1.54) is 4.90 Å². The number of carbonyl (C=O) groups is 1. The molecule has 0 aliphatic carbocycles. The number of likely N-dealkylation sites (tertiary alicyclic amines) is 1. The highest BCUT2D eigenvalue weighted by Crippen LogP contribution is 2.33. The molecule has 1 amide bonds. The third-order valence-corrected chi connectivity index (χ3v) is 3.48. The summed E-state index contributed by atoms with van der Waals surface area (Å²) < 4.78 is 48.5. The zero-order chi connectivity index (χ0) is 18.1. The second kappa shape index (κ2) is 6.66. The Hall–Kier alpha value is -1.70. The van der Waals surface area contributed by atoms with Crippen LogP contribution in [-0.2, 0) is 10.9 Å². The Balaban J connectivity index is 1.97. The maximum Gasteiger partial charge on any atom is 0.417 e. The van der Waals surface area contributed by atoms with Gasteiger partial charge in [0.15, 0.2) is 0 Å². The van der Waals surface area contributed by atoms with Gasteiger partial charge in [0.05, 0.1) is 12.1 Å². The quantitative estimate of drug-likeness (QED) is 0.789. The summed E-state index contributed by atoms with van der Waals surface area (Å²) in [6.07, 6.45) is -4.20. The molecule has 5 nitrogen and oxygen atoms in total. The van der Waals surface area contributed by atoms with E-state index >= 15 is 0 Å². The highest BCUT2D eigenvalue weighted by molar-refractivity contribution is 6.31. The molecule has 1 aliphatic heterocycles. The number of hydrogen-bond donors (Lipinski definition) is 0. The van der Waals surface area contributed by atoms with Crippen molar-refractivity contribution in [2.24, 2.45) is 0 Å². The normalized spacial score (nSPS) is 18.6. The Morgan fingerprint density at radius 1 is 1.38 bits per heavy atom. The van der Waals surface area contributed by atoms with E-state index in [0.29, 0.717) is 19.2 Å². The molecule has 1 fully saturated rings. The van der Waals surface area contributed by atoms with Gasteiger partial charge in [0.2, 0.25) is 5.88 Å². The first-order chi connectivity index (χ1) is 11.0. The van der Waals surface area contributed by atoms with Crippen molar-refractivity contribution in [1.82, 2.24) is 9.88 Å². The third-order valence-electron chi connectivity index (χ3n) is 3.21. The molecular formula is C15H18ClF3N2O3. The number of aromatic nitrogens is 1. The summed E-state index contributed by atoms with van der Waals surface area (Å²) in [6, 6.07) is 0.768. The van der Waals surface area contributed by atoms with Crippen LogP contribution in [-0.4, -0.2) is 40.8 Å². The van der Waals surface area contributed by atoms with Gasteiger partial charge >= 0.3 is 12.3 Å². The fourth-order valence-corrected chi connectivity index (χ4v) is 2.35. The van der Waals surface area contributed by atoms with E-state index in [2.05, 4.69) is 4.98 Å². The lowest BCUT2D eigenvalue weighted by Gasteiger charge is -2.24. The van der Waals surface area contributed by atoms with Gasteiger partial charge in [-0.15, -0.1) is 0 Å². The molecule has 0 N–H and O–H groups in total. The number of ether oxygens (including phenoxy) is 2. The summed E-state index contributed by atoms with van der Waals surface area (Å²) >= 11 is 5.81. The smallest absolute Gasteiger partial charge is 0.417 e. The van der Waals surface area contributed by atoms with Gasteiger partial charge < -0.3 is 14.4 Å². The van der Waals surface area contributed by atoms with Crippen LogP contribution in [0.4, 0.5) is 18.0 Å². The molecule has 9 heteroatoms. The minimum atomic E-state index is -4.52. The van der Waals surface area contributed by atoms with E-state index in [1.54, 1.807) is 20.8 Å². The van der Waals surface area contributed by atoms with E-state index in [1.807, 2.05) is 0 Å². The fourth-order valence-electron chi connectivity index (χ4n) is 2.14. The lowest BCUT2D eigenvalue weighted by atomic mass is 10.2. The summed E-state index contributed by atoms with van der Waals surface area (Å²) in [7, 11) is 0. The van der Waals surface area contributed by atoms with Gasteiger partial charge in [-0.25, -0.2) is 9.78 Å². The average molecular weight is 367 g/mol. The lowest BCUT2D eigenvalue weighted by molar-refractivity contribution is -0.137. The molecule has 2 heterocycles. The molecule has 1 aromatic heterocycles. The van der Waals surface area contributed by atoms with Crippen molar-refractivity contribution in [2.75, 3.05) is 13.1 Å². The SMILES string of the molecule is CC(C)(C)OC(=O)N1CC[C@@H](Oc2ncc(C(F)(F)F)cc2Cl)C1. The van der Waals surface area contributed by atoms with Crippen molar-refractivity contribution >= 4 is 17.7 Å². The van der Waals surface area contributed by atoms with Crippen molar-refractivity contribution in [1.29, 1.82) is 0 Å². The number of pyridine rings is 1. The van der Waals surface area contributed by atoms with Crippen LogP contribution in [0.25, 0.3) is 0 Å². The molecule has 1 aliphatic rings. The standard InChI is InChI=1S/C15H18ClF3N2O3/c1-14(2,3)24-13(22)21-5-4-10(8-21)23-12-11(16)6-9(7-20-12)15(17,18)19/h6-7,10H,4-5,8H2,1-3H3/t10-/m1/s1. The van der Waals surface area contributed by atoms with E-state index < -0.39 is 29.5 Å². The Labute approximate surface area is 142 Å². The number of alkyl halides is 3. The van der Waals surface area contributed by atoms with Crippen molar-refractivity contribution in [3.8, 4) is 5.88 Å².